The van der Waals surface area contributed by atoms with Gasteiger partial charge in [0.05, 0.1) is 6.54 Å². The summed E-state index contributed by atoms with van der Waals surface area (Å²) in [5, 5.41) is 5.38. The average molecular weight is 279 g/mol. The first kappa shape index (κ1) is 13.1. The maximum atomic E-state index is 12.0. The molecule has 19 heavy (non-hydrogen) atoms. The smallest absolute Gasteiger partial charge is 0.238 e. The number of carbonyl (C=O) groups excluding carboxylic acids is 1. The van der Waals surface area contributed by atoms with E-state index in [1.807, 2.05) is 11.0 Å². The Morgan fingerprint density at radius 1 is 1.53 bits per heavy atom. The van der Waals surface area contributed by atoms with E-state index in [9.17, 15) is 4.79 Å². The van der Waals surface area contributed by atoms with Gasteiger partial charge in [-0.15, -0.1) is 11.3 Å². The van der Waals surface area contributed by atoms with E-state index >= 15 is 0 Å². The molecule has 1 aliphatic carbocycles. The molecular weight excluding hydrogens is 258 g/mol. The summed E-state index contributed by atoms with van der Waals surface area (Å²) in [6, 6.07) is 4.92. The number of hydrogen-bond acceptors (Lipinski definition) is 4. The zero-order chi connectivity index (χ0) is 13.2. The molecule has 104 valence electrons. The lowest BCUT2D eigenvalue weighted by Gasteiger charge is -2.27. The van der Waals surface area contributed by atoms with E-state index in [1.54, 1.807) is 11.3 Å². The van der Waals surface area contributed by atoms with E-state index in [1.165, 1.54) is 17.7 Å². The van der Waals surface area contributed by atoms with Crippen LogP contribution in [0.25, 0.3) is 0 Å². The minimum absolute atomic E-state index is 0.0883. The van der Waals surface area contributed by atoms with Crippen molar-refractivity contribution in [3.63, 3.8) is 0 Å². The molecule has 1 saturated carbocycles. The van der Waals surface area contributed by atoms with Crippen molar-refractivity contribution in [2.24, 2.45) is 0 Å². The van der Waals surface area contributed by atoms with Crippen LogP contribution in [0.2, 0.25) is 0 Å². The molecule has 0 radical (unpaired) electrons. The van der Waals surface area contributed by atoms with Gasteiger partial charge in [0.25, 0.3) is 0 Å². The van der Waals surface area contributed by atoms with Gasteiger partial charge in [0.15, 0.2) is 0 Å². The normalized spacial score (nSPS) is 23.6. The Morgan fingerprint density at radius 2 is 2.37 bits per heavy atom. The number of likely N-dealkylation sites (N-methyl/N-ethyl adjacent to an activating group) is 1. The van der Waals surface area contributed by atoms with E-state index < -0.39 is 0 Å². The highest BCUT2D eigenvalue weighted by Crippen LogP contribution is 2.28. The fourth-order valence-electron chi connectivity index (χ4n) is 2.77. The first-order valence-corrected chi connectivity index (χ1v) is 7.98. The molecule has 0 aromatic carbocycles. The van der Waals surface area contributed by atoms with Gasteiger partial charge in [-0.25, -0.2) is 0 Å². The summed E-state index contributed by atoms with van der Waals surface area (Å²) >= 11 is 1.71. The van der Waals surface area contributed by atoms with Crippen molar-refractivity contribution >= 4 is 17.2 Å². The number of thiophene rings is 1. The number of nitrogens with one attached hydrogen (secondary N) is 1. The Labute approximate surface area is 118 Å². The quantitative estimate of drug-likeness (QED) is 0.860. The maximum absolute atomic E-state index is 12.0. The second kappa shape index (κ2) is 5.61. The molecule has 1 atom stereocenters. The molecule has 2 aliphatic rings. The summed E-state index contributed by atoms with van der Waals surface area (Å²) < 4.78 is 0. The molecule has 4 nitrogen and oxygen atoms in total. The van der Waals surface area contributed by atoms with Crippen LogP contribution in [0.15, 0.2) is 17.5 Å². The van der Waals surface area contributed by atoms with Crippen molar-refractivity contribution in [3.8, 4) is 0 Å². The summed E-state index contributed by atoms with van der Waals surface area (Å²) in [4.78, 5) is 17.7. The van der Waals surface area contributed by atoms with Crippen LogP contribution in [0.5, 0.6) is 0 Å². The Balaban J connectivity index is 1.62. The standard InChI is InChI=1S/C14H21N3OS/c1-2-16(11-5-6-11)7-8-17-13(18)10-15-14(17)12-4-3-9-19-12/h3-4,9,11,14-15H,2,5-8,10H2,1H3. The van der Waals surface area contributed by atoms with Gasteiger partial charge in [0.2, 0.25) is 5.91 Å². The van der Waals surface area contributed by atoms with Gasteiger partial charge in [-0.2, -0.15) is 0 Å². The van der Waals surface area contributed by atoms with Crippen molar-refractivity contribution in [1.29, 1.82) is 0 Å². The van der Waals surface area contributed by atoms with E-state index in [0.717, 1.165) is 25.7 Å². The minimum atomic E-state index is 0.0883. The van der Waals surface area contributed by atoms with Crippen LogP contribution in [0, 0.1) is 0 Å². The molecular formula is C14H21N3OS. The van der Waals surface area contributed by atoms with Crippen molar-refractivity contribution in [1.82, 2.24) is 15.1 Å². The molecule has 1 saturated heterocycles. The van der Waals surface area contributed by atoms with Crippen LogP contribution in [-0.4, -0.2) is 47.9 Å². The molecule has 5 heteroatoms. The predicted octanol–water partition coefficient (Wildman–Crippen LogP) is 1.66. The van der Waals surface area contributed by atoms with Gasteiger partial charge in [-0.3, -0.25) is 15.0 Å². The van der Waals surface area contributed by atoms with Crippen LogP contribution in [0.1, 0.15) is 30.8 Å². The number of carbonyl (C=O) groups is 1. The Bertz CT molecular complexity index is 430. The zero-order valence-electron chi connectivity index (χ0n) is 11.3. The molecule has 1 amide bonds. The minimum Gasteiger partial charge on any atom is -0.320 e. The second-order valence-corrected chi connectivity index (χ2v) is 6.23. The van der Waals surface area contributed by atoms with E-state index in [-0.39, 0.29) is 12.1 Å². The van der Waals surface area contributed by atoms with Gasteiger partial charge in [-0.1, -0.05) is 13.0 Å². The Hall–Kier alpha value is -0.910. The van der Waals surface area contributed by atoms with Crippen molar-refractivity contribution in [3.05, 3.63) is 22.4 Å². The SMILES string of the molecule is CCN(CCN1C(=O)CNC1c1cccs1)C1CC1. The summed E-state index contributed by atoms with van der Waals surface area (Å²) in [6.07, 6.45) is 2.74. The highest BCUT2D eigenvalue weighted by Gasteiger charge is 2.33. The molecule has 0 bridgehead atoms. The molecule has 1 aromatic heterocycles. The Kier molecular flexibility index (Phi) is 3.86. The van der Waals surface area contributed by atoms with Gasteiger partial charge in [0, 0.05) is 24.0 Å². The number of nitrogens with zero attached hydrogens (tertiary/aromatic N) is 2. The fourth-order valence-corrected chi connectivity index (χ4v) is 3.58. The van der Waals surface area contributed by atoms with Gasteiger partial charge in [-0.05, 0) is 30.8 Å². The van der Waals surface area contributed by atoms with Crippen LogP contribution in [0.3, 0.4) is 0 Å². The third kappa shape index (κ3) is 2.83. The number of rotatable bonds is 6. The predicted molar refractivity (Wildman–Crippen MR) is 77.0 cm³/mol. The van der Waals surface area contributed by atoms with Crippen molar-refractivity contribution in [2.75, 3.05) is 26.2 Å². The maximum Gasteiger partial charge on any atom is 0.238 e. The van der Waals surface area contributed by atoms with E-state index in [4.69, 9.17) is 0 Å². The van der Waals surface area contributed by atoms with Crippen molar-refractivity contribution in [2.45, 2.75) is 32.0 Å². The summed E-state index contributed by atoms with van der Waals surface area (Å²) in [5.74, 6) is 0.227. The molecule has 1 N–H and O–H groups in total. The molecule has 1 aliphatic heterocycles. The molecule has 2 heterocycles. The second-order valence-electron chi connectivity index (χ2n) is 5.25. The van der Waals surface area contributed by atoms with Crippen LogP contribution in [0.4, 0.5) is 0 Å². The average Bonchev–Trinajstić information content (AvgIpc) is 2.98. The lowest BCUT2D eigenvalue weighted by Crippen LogP contribution is -2.38. The topological polar surface area (TPSA) is 35.6 Å². The molecule has 2 fully saturated rings. The van der Waals surface area contributed by atoms with E-state index in [2.05, 4.69) is 28.6 Å². The largest absolute Gasteiger partial charge is 0.320 e. The molecule has 0 spiro atoms. The Morgan fingerprint density at radius 3 is 3.00 bits per heavy atom. The van der Waals surface area contributed by atoms with Gasteiger partial charge in [0.1, 0.15) is 6.17 Å². The van der Waals surface area contributed by atoms with Crippen LogP contribution >= 0.6 is 11.3 Å². The van der Waals surface area contributed by atoms with Gasteiger partial charge >= 0.3 is 0 Å². The highest BCUT2D eigenvalue weighted by atomic mass is 32.1. The summed E-state index contributed by atoms with van der Waals surface area (Å²) in [6.45, 7) is 5.59. The first-order valence-electron chi connectivity index (χ1n) is 7.10. The monoisotopic (exact) mass is 279 g/mol. The zero-order valence-corrected chi connectivity index (χ0v) is 12.2. The summed E-state index contributed by atoms with van der Waals surface area (Å²) in [5.41, 5.74) is 0. The molecule has 1 aromatic rings. The lowest BCUT2D eigenvalue weighted by molar-refractivity contribution is -0.128. The summed E-state index contributed by atoms with van der Waals surface area (Å²) in [7, 11) is 0. The van der Waals surface area contributed by atoms with Crippen LogP contribution < -0.4 is 5.32 Å². The number of amides is 1. The number of hydrogen-bond donors (Lipinski definition) is 1. The van der Waals surface area contributed by atoms with Crippen molar-refractivity contribution < 1.29 is 4.79 Å². The molecule has 1 unspecified atom stereocenters. The van der Waals surface area contributed by atoms with Crippen LogP contribution in [-0.2, 0) is 4.79 Å². The highest BCUT2D eigenvalue weighted by molar-refractivity contribution is 7.10. The molecule has 3 rings (SSSR count). The van der Waals surface area contributed by atoms with E-state index in [0.29, 0.717) is 6.54 Å². The third-order valence-electron chi connectivity index (χ3n) is 3.99. The third-order valence-corrected chi connectivity index (χ3v) is 4.91. The van der Waals surface area contributed by atoms with Gasteiger partial charge < -0.3 is 4.90 Å². The lowest BCUT2D eigenvalue weighted by atomic mass is 10.3. The first-order chi connectivity index (χ1) is 9.29. The fraction of sp³-hybridized carbons (Fsp3) is 0.643.